The third kappa shape index (κ3) is 3.04. The van der Waals surface area contributed by atoms with Gasteiger partial charge in [0.05, 0.1) is 17.4 Å². The zero-order chi connectivity index (χ0) is 14.8. The number of thiazole rings is 1. The molecule has 0 aliphatic rings. The summed E-state index contributed by atoms with van der Waals surface area (Å²) in [5.41, 5.74) is 0.864. The molecule has 3 rings (SSSR count). The second-order valence-corrected chi connectivity index (χ2v) is 6.63. The molecule has 10 heteroatoms. The van der Waals surface area contributed by atoms with Gasteiger partial charge in [-0.25, -0.2) is 9.78 Å². The standard InChI is InChI=1S/C11H6ClN5O2S2/c12-8-5-13-11(20-8)21-10-14-15-16-17(10)7-3-1-6(2-4-7)9(18)19/h1-5H,(H,18,19). The summed E-state index contributed by atoms with van der Waals surface area (Å²) in [5.74, 6) is -0.981. The van der Waals surface area contributed by atoms with Crippen LogP contribution >= 0.6 is 34.7 Å². The minimum atomic E-state index is -0.981. The number of nitrogens with zero attached hydrogens (tertiary/aromatic N) is 5. The highest BCUT2D eigenvalue weighted by molar-refractivity contribution is 8.00. The largest absolute Gasteiger partial charge is 0.478 e. The normalized spacial score (nSPS) is 10.7. The summed E-state index contributed by atoms with van der Waals surface area (Å²) in [6.07, 6.45) is 1.56. The van der Waals surface area contributed by atoms with E-state index in [1.165, 1.54) is 39.9 Å². The fraction of sp³-hybridized carbons (Fsp3) is 0. The number of tetrazole rings is 1. The molecule has 0 saturated heterocycles. The van der Waals surface area contributed by atoms with Gasteiger partial charge < -0.3 is 5.11 Å². The van der Waals surface area contributed by atoms with Crippen LogP contribution in [-0.4, -0.2) is 36.3 Å². The molecule has 0 unspecified atom stereocenters. The van der Waals surface area contributed by atoms with Crippen LogP contribution in [-0.2, 0) is 0 Å². The van der Waals surface area contributed by atoms with Gasteiger partial charge in [-0.2, -0.15) is 4.68 Å². The minimum absolute atomic E-state index is 0.202. The van der Waals surface area contributed by atoms with Gasteiger partial charge in [-0.3, -0.25) is 0 Å². The monoisotopic (exact) mass is 339 g/mol. The molecule has 1 aromatic carbocycles. The number of hydrogen-bond acceptors (Lipinski definition) is 7. The van der Waals surface area contributed by atoms with Gasteiger partial charge in [0.1, 0.15) is 4.34 Å². The number of halogens is 1. The number of aromatic nitrogens is 5. The molecule has 0 bridgehead atoms. The average molecular weight is 340 g/mol. The Morgan fingerprint density at radius 3 is 2.71 bits per heavy atom. The first-order valence-electron chi connectivity index (χ1n) is 5.55. The summed E-state index contributed by atoms with van der Waals surface area (Å²) < 4.78 is 2.81. The average Bonchev–Trinajstić information content (AvgIpc) is 3.09. The second-order valence-electron chi connectivity index (χ2n) is 3.76. The first-order chi connectivity index (χ1) is 10.1. The molecule has 2 heterocycles. The van der Waals surface area contributed by atoms with Crippen molar-refractivity contribution in [2.45, 2.75) is 9.50 Å². The van der Waals surface area contributed by atoms with Gasteiger partial charge in [-0.1, -0.05) is 22.9 Å². The lowest BCUT2D eigenvalue weighted by atomic mass is 10.2. The lowest BCUT2D eigenvalue weighted by Gasteiger charge is -2.03. The Morgan fingerprint density at radius 2 is 2.10 bits per heavy atom. The van der Waals surface area contributed by atoms with Gasteiger partial charge in [0.15, 0.2) is 4.34 Å². The Labute approximate surface area is 131 Å². The van der Waals surface area contributed by atoms with E-state index in [1.54, 1.807) is 18.3 Å². The van der Waals surface area contributed by atoms with E-state index in [0.717, 1.165) is 4.34 Å². The molecule has 0 atom stereocenters. The van der Waals surface area contributed by atoms with Gasteiger partial charge in [-0.15, -0.1) is 5.10 Å². The molecule has 7 nitrogen and oxygen atoms in total. The molecular weight excluding hydrogens is 334 g/mol. The van der Waals surface area contributed by atoms with Crippen molar-refractivity contribution in [3.63, 3.8) is 0 Å². The van der Waals surface area contributed by atoms with E-state index in [9.17, 15) is 4.79 Å². The van der Waals surface area contributed by atoms with Crippen molar-refractivity contribution in [2.24, 2.45) is 0 Å². The van der Waals surface area contributed by atoms with Crippen LogP contribution in [0.2, 0.25) is 4.34 Å². The summed E-state index contributed by atoms with van der Waals surface area (Å²) in [6, 6.07) is 6.26. The Hall–Kier alpha value is -1.97. The third-order valence-electron chi connectivity index (χ3n) is 2.43. The van der Waals surface area contributed by atoms with Crippen LogP contribution in [0.15, 0.2) is 40.0 Å². The Kier molecular flexibility index (Phi) is 3.86. The molecule has 0 aliphatic heterocycles. The summed E-state index contributed by atoms with van der Waals surface area (Å²) in [4.78, 5) is 15.0. The molecule has 0 fully saturated rings. The first-order valence-corrected chi connectivity index (χ1v) is 7.56. The summed E-state index contributed by atoms with van der Waals surface area (Å²) in [7, 11) is 0. The van der Waals surface area contributed by atoms with Gasteiger partial charge in [0.25, 0.3) is 0 Å². The first kappa shape index (κ1) is 14.0. The fourth-order valence-corrected chi connectivity index (χ4v) is 3.52. The number of carboxylic acid groups (broad SMARTS) is 1. The van der Waals surface area contributed by atoms with Gasteiger partial charge in [-0.05, 0) is 46.5 Å². The molecule has 0 saturated carbocycles. The van der Waals surface area contributed by atoms with Crippen molar-refractivity contribution >= 4 is 40.7 Å². The van der Waals surface area contributed by atoms with Crippen LogP contribution in [0.4, 0.5) is 0 Å². The van der Waals surface area contributed by atoms with Crippen LogP contribution in [0.25, 0.3) is 5.69 Å². The Bertz CT molecular complexity index is 786. The van der Waals surface area contributed by atoms with Crippen LogP contribution in [0.5, 0.6) is 0 Å². The number of aromatic carboxylic acids is 1. The predicted molar refractivity (Wildman–Crippen MR) is 77.4 cm³/mol. The van der Waals surface area contributed by atoms with Crippen molar-refractivity contribution in [3.05, 3.63) is 40.4 Å². The second kappa shape index (κ2) is 5.80. The molecule has 21 heavy (non-hydrogen) atoms. The topological polar surface area (TPSA) is 93.8 Å². The van der Waals surface area contributed by atoms with Crippen LogP contribution in [0.3, 0.4) is 0 Å². The molecule has 0 radical (unpaired) electrons. The van der Waals surface area contributed by atoms with Gasteiger partial charge >= 0.3 is 5.97 Å². The fourth-order valence-electron chi connectivity index (χ4n) is 1.51. The SMILES string of the molecule is O=C(O)c1ccc(-n2nnnc2Sc2ncc(Cl)s2)cc1. The van der Waals surface area contributed by atoms with E-state index in [0.29, 0.717) is 15.2 Å². The predicted octanol–water partition coefficient (Wildman–Crippen LogP) is 2.62. The van der Waals surface area contributed by atoms with E-state index >= 15 is 0 Å². The lowest BCUT2D eigenvalue weighted by Crippen LogP contribution is -2.01. The van der Waals surface area contributed by atoms with E-state index < -0.39 is 5.97 Å². The molecular formula is C11H6ClN5O2S2. The zero-order valence-electron chi connectivity index (χ0n) is 10.2. The van der Waals surface area contributed by atoms with Crippen molar-refractivity contribution in [1.29, 1.82) is 0 Å². The summed E-state index contributed by atoms with van der Waals surface area (Å²) in [6.45, 7) is 0. The van der Waals surface area contributed by atoms with Crippen molar-refractivity contribution in [2.75, 3.05) is 0 Å². The van der Waals surface area contributed by atoms with Crippen molar-refractivity contribution < 1.29 is 9.90 Å². The van der Waals surface area contributed by atoms with Gasteiger partial charge in [0, 0.05) is 0 Å². The van der Waals surface area contributed by atoms with E-state index in [2.05, 4.69) is 20.5 Å². The molecule has 0 amide bonds. The number of hydrogen-bond donors (Lipinski definition) is 1. The molecule has 0 spiro atoms. The zero-order valence-corrected chi connectivity index (χ0v) is 12.6. The molecule has 2 aromatic heterocycles. The van der Waals surface area contributed by atoms with Crippen LogP contribution in [0, 0.1) is 0 Å². The highest BCUT2D eigenvalue weighted by atomic mass is 35.5. The highest BCUT2D eigenvalue weighted by Gasteiger charge is 2.13. The summed E-state index contributed by atoms with van der Waals surface area (Å²) in [5, 5.41) is 20.9. The van der Waals surface area contributed by atoms with Gasteiger partial charge in [0.2, 0.25) is 5.16 Å². The smallest absolute Gasteiger partial charge is 0.335 e. The maximum absolute atomic E-state index is 10.8. The van der Waals surface area contributed by atoms with Crippen LogP contribution in [0.1, 0.15) is 10.4 Å². The number of carboxylic acids is 1. The van der Waals surface area contributed by atoms with Crippen LogP contribution < -0.4 is 0 Å². The molecule has 0 aliphatic carbocycles. The van der Waals surface area contributed by atoms with E-state index in [4.69, 9.17) is 16.7 Å². The molecule has 106 valence electrons. The minimum Gasteiger partial charge on any atom is -0.478 e. The Morgan fingerprint density at radius 1 is 1.33 bits per heavy atom. The maximum atomic E-state index is 10.8. The highest BCUT2D eigenvalue weighted by Crippen LogP contribution is 2.32. The quantitative estimate of drug-likeness (QED) is 0.780. The number of rotatable bonds is 4. The third-order valence-corrected chi connectivity index (χ3v) is 4.56. The van der Waals surface area contributed by atoms with Crippen molar-refractivity contribution in [3.8, 4) is 5.69 Å². The van der Waals surface area contributed by atoms with E-state index in [1.807, 2.05) is 0 Å². The molecule has 3 aromatic rings. The number of benzene rings is 1. The maximum Gasteiger partial charge on any atom is 0.335 e. The van der Waals surface area contributed by atoms with E-state index in [-0.39, 0.29) is 5.56 Å². The number of carbonyl (C=O) groups is 1. The molecule has 1 N–H and O–H groups in total. The van der Waals surface area contributed by atoms with Crippen molar-refractivity contribution in [1.82, 2.24) is 25.2 Å². The lowest BCUT2D eigenvalue weighted by molar-refractivity contribution is 0.0697. The summed E-state index contributed by atoms with van der Waals surface area (Å²) >= 11 is 8.44. The Balaban J connectivity index is 1.89.